The lowest BCUT2D eigenvalue weighted by atomic mass is 10.0. The van der Waals surface area contributed by atoms with Gasteiger partial charge in [-0.15, -0.1) is 23.5 Å². The molecule has 1 saturated heterocycles. The number of thioether (sulfide) groups is 2. The van der Waals surface area contributed by atoms with Gasteiger partial charge in [-0.1, -0.05) is 12.1 Å². The number of amides is 1. The molecule has 1 atom stereocenters. The summed E-state index contributed by atoms with van der Waals surface area (Å²) in [5.41, 5.74) is 9.12. The maximum absolute atomic E-state index is 13.2. The van der Waals surface area contributed by atoms with E-state index in [-0.39, 0.29) is 9.69 Å². The largest absolute Gasteiger partial charge is 0.465 e. The molecule has 0 radical (unpaired) electrons. The summed E-state index contributed by atoms with van der Waals surface area (Å²) in [5, 5.41) is 15.9. The molecule has 1 aromatic carbocycles. The van der Waals surface area contributed by atoms with Crippen molar-refractivity contribution in [2.24, 2.45) is 10.8 Å². The number of rotatable bonds is 5. The van der Waals surface area contributed by atoms with Gasteiger partial charge in [0, 0.05) is 0 Å². The van der Waals surface area contributed by atoms with Crippen LogP contribution in [0, 0.1) is 5.82 Å². The first-order valence-corrected chi connectivity index (χ1v) is 9.59. The predicted octanol–water partition coefficient (Wildman–Crippen LogP) is 2.52. The van der Waals surface area contributed by atoms with Gasteiger partial charge in [0.25, 0.3) is 0 Å². The molecule has 1 aliphatic heterocycles. The molecule has 0 aliphatic carbocycles. The summed E-state index contributed by atoms with van der Waals surface area (Å²) in [7, 11) is 0. The van der Waals surface area contributed by atoms with Gasteiger partial charge >= 0.3 is 6.09 Å². The lowest BCUT2D eigenvalue weighted by molar-refractivity contribution is 0.192. The summed E-state index contributed by atoms with van der Waals surface area (Å²) in [6, 6.07) is 4.90. The van der Waals surface area contributed by atoms with Crippen LogP contribution in [-0.4, -0.2) is 38.1 Å². The van der Waals surface area contributed by atoms with Crippen LogP contribution in [0.4, 0.5) is 9.18 Å². The molecule has 1 amide bonds. The number of nitrogens with one attached hydrogen (secondary N) is 2. The van der Waals surface area contributed by atoms with Gasteiger partial charge in [0.15, 0.2) is 5.11 Å². The molecule has 1 aromatic rings. The van der Waals surface area contributed by atoms with Gasteiger partial charge < -0.3 is 16.2 Å². The van der Waals surface area contributed by atoms with Crippen LogP contribution < -0.4 is 16.5 Å². The second-order valence-corrected chi connectivity index (χ2v) is 8.04. The Morgan fingerprint density at radius 3 is 2.54 bits per heavy atom. The van der Waals surface area contributed by atoms with Crippen molar-refractivity contribution in [2.75, 3.05) is 11.5 Å². The zero-order chi connectivity index (χ0) is 17.5. The second kappa shape index (κ2) is 9.09. The lowest BCUT2D eigenvalue weighted by Gasteiger charge is -2.28. The number of nitrogens with zero attached hydrogens (tertiary/aromatic N) is 1. The summed E-state index contributed by atoms with van der Waals surface area (Å²) >= 11 is 8.14. The number of hydrogen-bond acceptors (Lipinski definition) is 5. The summed E-state index contributed by atoms with van der Waals surface area (Å²) in [5.74, 6) is 1.51. The van der Waals surface area contributed by atoms with E-state index in [9.17, 15) is 14.3 Å². The van der Waals surface area contributed by atoms with Crippen LogP contribution in [0.15, 0.2) is 29.4 Å². The van der Waals surface area contributed by atoms with Crippen LogP contribution in [-0.2, 0) is 0 Å². The smallest absolute Gasteiger partial charge is 0.405 e. The third-order valence-corrected chi connectivity index (χ3v) is 6.18. The third-order valence-electron chi connectivity index (χ3n) is 3.13. The molecule has 1 aliphatic rings. The van der Waals surface area contributed by atoms with Crippen LogP contribution in [0.2, 0.25) is 0 Å². The van der Waals surface area contributed by atoms with Crippen molar-refractivity contribution in [3.8, 4) is 0 Å². The number of hydrogen-bond donors (Lipinski definition) is 4. The fourth-order valence-corrected chi connectivity index (χ4v) is 5.10. The number of carboxylic acid groups (broad SMARTS) is 1. The van der Waals surface area contributed by atoms with Crippen molar-refractivity contribution < 1.29 is 14.3 Å². The molecule has 1 fully saturated rings. The first-order valence-electron chi connectivity index (χ1n) is 7.08. The van der Waals surface area contributed by atoms with E-state index in [1.165, 1.54) is 24.3 Å². The summed E-state index contributed by atoms with van der Waals surface area (Å²) in [6.07, 6.45) is -0.117. The van der Waals surface area contributed by atoms with E-state index in [1.807, 2.05) is 0 Å². The van der Waals surface area contributed by atoms with Crippen molar-refractivity contribution >= 4 is 52.7 Å². The molecular weight excluding hydrogens is 371 g/mol. The molecule has 130 valence electrons. The van der Waals surface area contributed by atoms with Gasteiger partial charge in [0.1, 0.15) is 5.82 Å². The van der Waals surface area contributed by atoms with Gasteiger partial charge in [-0.25, -0.2) is 9.18 Å². The Balaban J connectivity index is 2.38. The van der Waals surface area contributed by atoms with E-state index < -0.39 is 18.0 Å². The number of thiocarbonyl (C=S) groups is 1. The fourth-order valence-electron chi connectivity index (χ4n) is 2.14. The summed E-state index contributed by atoms with van der Waals surface area (Å²) < 4.78 is 13.1. The Kier molecular flexibility index (Phi) is 7.13. The molecule has 5 N–H and O–H groups in total. The Hall–Kier alpha value is -1.52. The number of benzene rings is 1. The van der Waals surface area contributed by atoms with Gasteiger partial charge in [0.05, 0.1) is 16.3 Å². The van der Waals surface area contributed by atoms with Crippen molar-refractivity contribution in [3.05, 3.63) is 35.6 Å². The SMILES string of the molecule is NC(=S)NN=C(C1SCCCS1)C(NC(=O)O)c1ccc(F)cc1. The van der Waals surface area contributed by atoms with E-state index in [1.54, 1.807) is 23.5 Å². The van der Waals surface area contributed by atoms with Crippen molar-refractivity contribution in [1.82, 2.24) is 10.7 Å². The summed E-state index contributed by atoms with van der Waals surface area (Å²) in [6.45, 7) is 0. The highest BCUT2D eigenvalue weighted by Gasteiger charge is 2.30. The highest BCUT2D eigenvalue weighted by molar-refractivity contribution is 8.18. The fraction of sp³-hybridized carbons (Fsp3) is 0.357. The first kappa shape index (κ1) is 18.8. The van der Waals surface area contributed by atoms with Crippen LogP contribution in [0.1, 0.15) is 18.0 Å². The minimum absolute atomic E-state index is 0.00788. The molecule has 0 saturated carbocycles. The number of nitrogens with two attached hydrogens (primary N) is 1. The Bertz CT molecular complexity index is 621. The van der Waals surface area contributed by atoms with Crippen molar-refractivity contribution in [2.45, 2.75) is 17.0 Å². The average Bonchev–Trinajstić information content (AvgIpc) is 2.55. The monoisotopic (exact) mass is 388 g/mol. The third kappa shape index (κ3) is 5.53. The van der Waals surface area contributed by atoms with Crippen LogP contribution in [0.25, 0.3) is 0 Å². The van der Waals surface area contributed by atoms with Crippen LogP contribution >= 0.6 is 35.7 Å². The predicted molar refractivity (Wildman–Crippen MR) is 101 cm³/mol. The highest BCUT2D eigenvalue weighted by Crippen LogP contribution is 2.35. The van der Waals surface area contributed by atoms with Crippen molar-refractivity contribution in [1.29, 1.82) is 0 Å². The molecule has 0 aromatic heterocycles. The number of carbonyl (C=O) groups is 1. The van der Waals surface area contributed by atoms with Gasteiger partial charge in [-0.05, 0) is 47.8 Å². The van der Waals surface area contributed by atoms with E-state index >= 15 is 0 Å². The molecule has 1 heterocycles. The molecule has 0 spiro atoms. The quantitative estimate of drug-likeness (QED) is 0.349. The van der Waals surface area contributed by atoms with Gasteiger partial charge in [-0.2, -0.15) is 5.10 Å². The molecular formula is C14H17FN4O2S3. The van der Waals surface area contributed by atoms with E-state index in [0.29, 0.717) is 11.3 Å². The highest BCUT2D eigenvalue weighted by atomic mass is 32.2. The maximum Gasteiger partial charge on any atom is 0.405 e. The normalized spacial score (nSPS) is 17.1. The van der Waals surface area contributed by atoms with Gasteiger partial charge in [0.2, 0.25) is 0 Å². The lowest BCUT2D eigenvalue weighted by Crippen LogP contribution is -2.39. The van der Waals surface area contributed by atoms with Crippen LogP contribution in [0.5, 0.6) is 0 Å². The first-order chi connectivity index (χ1) is 11.5. The Labute approximate surface area is 152 Å². The average molecular weight is 389 g/mol. The number of hydrazone groups is 1. The Morgan fingerprint density at radius 2 is 2.00 bits per heavy atom. The minimum Gasteiger partial charge on any atom is -0.465 e. The van der Waals surface area contributed by atoms with Crippen molar-refractivity contribution in [3.63, 3.8) is 0 Å². The zero-order valence-electron chi connectivity index (χ0n) is 12.6. The molecule has 10 heteroatoms. The van der Waals surface area contributed by atoms with E-state index in [2.05, 4.69) is 15.8 Å². The van der Waals surface area contributed by atoms with Gasteiger partial charge in [-0.3, -0.25) is 5.43 Å². The molecule has 6 nitrogen and oxygen atoms in total. The Morgan fingerprint density at radius 1 is 1.38 bits per heavy atom. The topological polar surface area (TPSA) is 99.7 Å². The van der Waals surface area contributed by atoms with Crippen LogP contribution in [0.3, 0.4) is 0 Å². The maximum atomic E-state index is 13.2. The number of halogens is 1. The molecule has 24 heavy (non-hydrogen) atoms. The summed E-state index contributed by atoms with van der Waals surface area (Å²) in [4.78, 5) is 11.3. The van der Waals surface area contributed by atoms with E-state index in [0.717, 1.165) is 17.9 Å². The standard InChI is InChI=1S/C14H17FN4O2S3/c15-9-4-2-8(3-5-9)10(17-14(20)21)11(18-19-13(16)22)12-23-6-1-7-24-12/h2-5,10,12,17H,1,6-7H2,(H,20,21)(H3,16,19,22). The second-order valence-electron chi connectivity index (χ2n) is 4.87. The molecule has 0 bridgehead atoms. The zero-order valence-corrected chi connectivity index (χ0v) is 15.0. The molecule has 2 rings (SSSR count). The van der Waals surface area contributed by atoms with E-state index in [4.69, 9.17) is 18.0 Å². The minimum atomic E-state index is -1.20. The molecule has 1 unspecified atom stereocenters.